The largest absolute Gasteiger partial charge is 0.389 e. The van der Waals surface area contributed by atoms with Gasteiger partial charge in [-0.15, -0.1) is 0 Å². The van der Waals surface area contributed by atoms with Gasteiger partial charge in [-0.1, -0.05) is 32.0 Å². The van der Waals surface area contributed by atoms with Crippen LogP contribution < -0.4 is 11.1 Å². The molecule has 3 rings (SSSR count). The molecule has 0 fully saturated rings. The Labute approximate surface area is 182 Å². The van der Waals surface area contributed by atoms with Crippen LogP contribution in [0.2, 0.25) is 0 Å². The van der Waals surface area contributed by atoms with Gasteiger partial charge in [0.15, 0.2) is 5.82 Å². The number of aliphatic hydroxyl groups is 1. The summed E-state index contributed by atoms with van der Waals surface area (Å²) < 4.78 is 7.58. The molecular formula is C23H33N5O3. The molecule has 8 heteroatoms. The van der Waals surface area contributed by atoms with Gasteiger partial charge in [0.25, 0.3) is 0 Å². The molecule has 8 nitrogen and oxygen atoms in total. The zero-order valence-electron chi connectivity index (χ0n) is 19.0. The summed E-state index contributed by atoms with van der Waals surface area (Å²) in [6, 6.07) is 7.05. The molecular weight excluding hydrogens is 394 g/mol. The van der Waals surface area contributed by atoms with Crippen LogP contribution in [0.4, 0.5) is 5.82 Å². The molecule has 168 valence electrons. The Morgan fingerprint density at radius 2 is 2.00 bits per heavy atom. The van der Waals surface area contributed by atoms with Crippen molar-refractivity contribution in [1.29, 1.82) is 0 Å². The normalized spacial score (nSPS) is 13.3. The van der Waals surface area contributed by atoms with E-state index in [9.17, 15) is 9.90 Å². The first kappa shape index (κ1) is 23.1. The molecule has 1 atom stereocenters. The van der Waals surface area contributed by atoms with Gasteiger partial charge in [0, 0.05) is 12.0 Å². The van der Waals surface area contributed by atoms with Crippen molar-refractivity contribution in [1.82, 2.24) is 14.5 Å². The van der Waals surface area contributed by atoms with Crippen LogP contribution in [0.3, 0.4) is 0 Å². The molecule has 0 bridgehead atoms. The van der Waals surface area contributed by atoms with Crippen LogP contribution in [0.1, 0.15) is 46.9 Å². The van der Waals surface area contributed by atoms with E-state index in [0.717, 1.165) is 16.4 Å². The molecule has 0 aliphatic heterocycles. The molecule has 1 aromatic carbocycles. The standard InChI is InChI=1S/C23H33N5O3/c1-6-31-12-18-26-19-20(28(18)13-23(4,5)30)15-9-7-8-10-17(15)25-21(19)27-22(29)16(24)11-14(2)3/h7-10,14,16,30H,6,11-13,24H2,1-5H3,(H,25,27,29)/t16-/m0/s1. The molecule has 0 saturated heterocycles. The maximum absolute atomic E-state index is 12.7. The van der Waals surface area contributed by atoms with Crippen molar-refractivity contribution >= 4 is 33.7 Å². The van der Waals surface area contributed by atoms with Crippen molar-refractivity contribution in [3.8, 4) is 0 Å². The number of aromatic nitrogens is 3. The summed E-state index contributed by atoms with van der Waals surface area (Å²) in [7, 11) is 0. The number of nitrogens with zero attached hydrogens (tertiary/aromatic N) is 3. The van der Waals surface area contributed by atoms with Crippen LogP contribution in [0.15, 0.2) is 24.3 Å². The average molecular weight is 428 g/mol. The highest BCUT2D eigenvalue weighted by atomic mass is 16.5. The second-order valence-electron chi connectivity index (χ2n) is 8.96. The Morgan fingerprint density at radius 1 is 1.29 bits per heavy atom. The number of hydrogen-bond donors (Lipinski definition) is 3. The summed E-state index contributed by atoms with van der Waals surface area (Å²) in [6.45, 7) is 10.6. The third-order valence-electron chi connectivity index (χ3n) is 4.95. The second kappa shape index (κ2) is 9.30. The average Bonchev–Trinajstić information content (AvgIpc) is 3.03. The quantitative estimate of drug-likeness (QED) is 0.483. The van der Waals surface area contributed by atoms with Crippen LogP contribution in [0.5, 0.6) is 0 Å². The van der Waals surface area contributed by atoms with Crippen LogP contribution in [-0.2, 0) is 22.7 Å². The lowest BCUT2D eigenvalue weighted by Gasteiger charge is -2.21. The molecule has 2 heterocycles. The number of carbonyl (C=O) groups excluding carboxylic acids is 1. The van der Waals surface area contributed by atoms with Gasteiger partial charge in [-0.05, 0) is 39.2 Å². The molecule has 0 aliphatic carbocycles. The Bertz CT molecular complexity index is 1070. The zero-order valence-corrected chi connectivity index (χ0v) is 19.0. The lowest BCUT2D eigenvalue weighted by atomic mass is 10.0. The minimum Gasteiger partial charge on any atom is -0.389 e. The van der Waals surface area contributed by atoms with Crippen LogP contribution in [0.25, 0.3) is 21.9 Å². The first-order chi connectivity index (χ1) is 14.6. The first-order valence-electron chi connectivity index (χ1n) is 10.7. The van der Waals surface area contributed by atoms with Crippen LogP contribution in [-0.4, -0.2) is 43.8 Å². The number of pyridine rings is 1. The summed E-state index contributed by atoms with van der Waals surface area (Å²) >= 11 is 0. The fourth-order valence-electron chi connectivity index (χ4n) is 3.65. The number of hydrogen-bond acceptors (Lipinski definition) is 6. The van der Waals surface area contributed by atoms with E-state index < -0.39 is 11.6 Å². The molecule has 0 spiro atoms. The summed E-state index contributed by atoms with van der Waals surface area (Å²) in [5, 5.41) is 14.3. The lowest BCUT2D eigenvalue weighted by molar-refractivity contribution is -0.117. The molecule has 4 N–H and O–H groups in total. The molecule has 0 aliphatic rings. The van der Waals surface area contributed by atoms with E-state index in [2.05, 4.69) is 10.3 Å². The number of fused-ring (bicyclic) bond motifs is 3. The van der Waals surface area contributed by atoms with E-state index in [0.29, 0.717) is 42.6 Å². The van der Waals surface area contributed by atoms with Gasteiger partial charge in [0.05, 0.1) is 29.2 Å². The van der Waals surface area contributed by atoms with Gasteiger partial charge < -0.3 is 25.5 Å². The van der Waals surface area contributed by atoms with Crippen LogP contribution in [0, 0.1) is 5.92 Å². The number of imidazole rings is 1. The smallest absolute Gasteiger partial charge is 0.242 e. The Kier molecular flexibility index (Phi) is 6.93. The van der Waals surface area contributed by atoms with Gasteiger partial charge in [-0.3, -0.25) is 4.79 Å². The van der Waals surface area contributed by atoms with Crippen molar-refractivity contribution in [2.24, 2.45) is 11.7 Å². The van der Waals surface area contributed by atoms with E-state index in [1.54, 1.807) is 13.8 Å². The third-order valence-corrected chi connectivity index (χ3v) is 4.95. The zero-order chi connectivity index (χ0) is 22.8. The number of carbonyl (C=O) groups is 1. The Morgan fingerprint density at radius 3 is 2.65 bits per heavy atom. The number of anilines is 1. The van der Waals surface area contributed by atoms with E-state index in [-0.39, 0.29) is 12.5 Å². The van der Waals surface area contributed by atoms with Crippen molar-refractivity contribution in [2.75, 3.05) is 11.9 Å². The van der Waals surface area contributed by atoms with E-state index >= 15 is 0 Å². The highest BCUT2D eigenvalue weighted by Crippen LogP contribution is 2.31. The summed E-state index contributed by atoms with van der Waals surface area (Å²) in [5.74, 6) is 1.04. The summed E-state index contributed by atoms with van der Waals surface area (Å²) in [4.78, 5) is 22.2. The number of nitrogens with two attached hydrogens (primary N) is 1. The van der Waals surface area contributed by atoms with Gasteiger partial charge >= 0.3 is 0 Å². The lowest BCUT2D eigenvalue weighted by Crippen LogP contribution is -2.37. The van der Waals surface area contributed by atoms with Crippen molar-refractivity contribution in [3.05, 3.63) is 30.1 Å². The first-order valence-corrected chi connectivity index (χ1v) is 10.7. The highest BCUT2D eigenvalue weighted by Gasteiger charge is 2.24. The summed E-state index contributed by atoms with van der Waals surface area (Å²) in [6.07, 6.45) is 0.575. The minimum absolute atomic E-state index is 0.288. The molecule has 31 heavy (non-hydrogen) atoms. The van der Waals surface area contributed by atoms with Crippen molar-refractivity contribution in [3.63, 3.8) is 0 Å². The fraction of sp³-hybridized carbons (Fsp3) is 0.522. The minimum atomic E-state index is -0.970. The summed E-state index contributed by atoms with van der Waals surface area (Å²) in [5.41, 5.74) is 7.20. The number of rotatable bonds is 9. The predicted molar refractivity (Wildman–Crippen MR) is 123 cm³/mol. The third kappa shape index (κ3) is 5.39. The molecule has 2 aromatic heterocycles. The molecule has 0 unspecified atom stereocenters. The van der Waals surface area contributed by atoms with E-state index in [1.807, 2.05) is 49.6 Å². The molecule has 0 saturated carbocycles. The van der Waals surface area contributed by atoms with E-state index in [1.165, 1.54) is 0 Å². The van der Waals surface area contributed by atoms with Gasteiger partial charge in [0.2, 0.25) is 5.91 Å². The number of benzene rings is 1. The highest BCUT2D eigenvalue weighted by molar-refractivity contribution is 6.10. The van der Waals surface area contributed by atoms with Crippen LogP contribution >= 0.6 is 0 Å². The Balaban J connectivity index is 2.19. The van der Waals surface area contributed by atoms with Gasteiger partial charge in [-0.2, -0.15) is 0 Å². The number of amides is 1. The second-order valence-corrected chi connectivity index (χ2v) is 8.96. The molecule has 0 radical (unpaired) electrons. The van der Waals surface area contributed by atoms with Gasteiger partial charge in [0.1, 0.15) is 17.9 Å². The number of nitrogens with one attached hydrogen (secondary N) is 1. The monoisotopic (exact) mass is 427 g/mol. The van der Waals surface area contributed by atoms with Crippen molar-refractivity contribution in [2.45, 2.75) is 65.8 Å². The fourth-order valence-corrected chi connectivity index (χ4v) is 3.65. The maximum atomic E-state index is 12.7. The molecule has 1 amide bonds. The Hall–Kier alpha value is -2.55. The number of ether oxygens (including phenoxy) is 1. The number of para-hydroxylation sites is 1. The van der Waals surface area contributed by atoms with E-state index in [4.69, 9.17) is 15.5 Å². The molecule has 3 aromatic rings. The topological polar surface area (TPSA) is 115 Å². The predicted octanol–water partition coefficient (Wildman–Crippen LogP) is 3.20. The maximum Gasteiger partial charge on any atom is 0.242 e. The SMILES string of the molecule is CCOCc1nc2c(NC(=O)[C@@H](N)CC(C)C)nc3ccccc3c2n1CC(C)(C)O. The van der Waals surface area contributed by atoms with Crippen molar-refractivity contribution < 1.29 is 14.6 Å². The van der Waals surface area contributed by atoms with Gasteiger partial charge in [-0.25, -0.2) is 9.97 Å².